The van der Waals surface area contributed by atoms with Crippen molar-refractivity contribution < 1.29 is 53.2 Å². The van der Waals surface area contributed by atoms with Crippen molar-refractivity contribution in [1.82, 2.24) is 19.7 Å². The van der Waals surface area contributed by atoms with E-state index in [1.54, 1.807) is 48.5 Å². The number of anilines is 2. The number of nitrogens with zero attached hydrogens (tertiary/aromatic N) is 4. The summed E-state index contributed by atoms with van der Waals surface area (Å²) in [6.45, 7) is -0.788. The lowest BCUT2D eigenvalue weighted by atomic mass is 10.0. The van der Waals surface area contributed by atoms with Crippen molar-refractivity contribution in [3.05, 3.63) is 148 Å². The number of sulfonamides is 2. The second-order valence-electron chi connectivity index (χ2n) is 14.6. The molecule has 0 spiro atoms. The predicted octanol–water partition coefficient (Wildman–Crippen LogP) is 7.08. The van der Waals surface area contributed by atoms with Gasteiger partial charge in [-0.1, -0.05) is 59.6 Å². The largest absolute Gasteiger partial charge is 0.417 e. The van der Waals surface area contributed by atoms with Gasteiger partial charge in [-0.3, -0.25) is 19.4 Å². The molecule has 1 aliphatic rings. The van der Waals surface area contributed by atoms with E-state index in [0.29, 0.717) is 27.4 Å². The third-order valence-corrected chi connectivity index (χ3v) is 12.1. The minimum absolute atomic E-state index is 0.00117. The molecule has 0 radical (unpaired) electrons. The van der Waals surface area contributed by atoms with E-state index in [2.05, 4.69) is 20.7 Å². The Morgan fingerprint density at radius 3 is 2.00 bits per heavy atom. The van der Waals surface area contributed by atoms with E-state index in [-0.39, 0.29) is 58.0 Å². The quantitative estimate of drug-likeness (QED) is 0.0971. The van der Waals surface area contributed by atoms with Gasteiger partial charge in [-0.25, -0.2) is 40.6 Å². The minimum Gasteiger partial charge on any atom is -0.332 e. The molecular formula is C42H35Cl2F5N8O7S2. The molecule has 7 rings (SSSR count). The summed E-state index contributed by atoms with van der Waals surface area (Å²) in [4.78, 5) is 41.0. The smallest absolute Gasteiger partial charge is 0.332 e. The van der Waals surface area contributed by atoms with Gasteiger partial charge in [0.05, 0.1) is 47.3 Å². The van der Waals surface area contributed by atoms with Gasteiger partial charge in [-0.15, -0.1) is 0 Å². The summed E-state index contributed by atoms with van der Waals surface area (Å²) < 4.78 is 116. The van der Waals surface area contributed by atoms with Crippen molar-refractivity contribution in [2.45, 2.75) is 41.2 Å². The van der Waals surface area contributed by atoms with E-state index < -0.39 is 73.3 Å². The Bertz CT molecular complexity index is 3050. The van der Waals surface area contributed by atoms with Gasteiger partial charge in [-0.05, 0) is 65.7 Å². The number of benzene rings is 4. The van der Waals surface area contributed by atoms with Crippen LogP contribution in [0.2, 0.25) is 10.0 Å². The second kappa shape index (κ2) is 19.7. The van der Waals surface area contributed by atoms with E-state index in [1.165, 1.54) is 36.5 Å². The SMILES string of the molecule is NS(=O)(=O)c1cc(NC(=O)Cc2ccc(Cl)cc2)ccc1-c1cncc(C(F)(F)F)c1.NS(=O)(=O)c1cc(NC(=O)Cc2ccccc2Cl)ccc1-n1cc(C(=O)N2CCC(F)(F)C2)cn1. The van der Waals surface area contributed by atoms with Crippen molar-refractivity contribution in [2.75, 3.05) is 23.7 Å². The van der Waals surface area contributed by atoms with Gasteiger partial charge in [0.2, 0.25) is 31.9 Å². The lowest BCUT2D eigenvalue weighted by molar-refractivity contribution is -0.137. The van der Waals surface area contributed by atoms with Gasteiger partial charge in [0.1, 0.15) is 4.90 Å². The highest BCUT2D eigenvalue weighted by molar-refractivity contribution is 7.89. The molecule has 0 bridgehead atoms. The molecule has 4 aromatic carbocycles. The summed E-state index contributed by atoms with van der Waals surface area (Å²) in [5.74, 6) is -4.45. The molecule has 2 aromatic heterocycles. The normalized spacial score (nSPS) is 13.7. The fourth-order valence-electron chi connectivity index (χ4n) is 6.49. The average molecular weight is 994 g/mol. The number of rotatable bonds is 11. The van der Waals surface area contributed by atoms with Gasteiger partial charge in [0.15, 0.2) is 0 Å². The molecule has 1 saturated heterocycles. The molecule has 6 N–H and O–H groups in total. The molecule has 3 amide bonds. The number of pyridine rings is 1. The zero-order chi connectivity index (χ0) is 48.2. The molecule has 1 aliphatic heterocycles. The fourth-order valence-corrected chi connectivity index (χ4v) is 8.35. The van der Waals surface area contributed by atoms with Gasteiger partial charge in [0.25, 0.3) is 11.8 Å². The Balaban J connectivity index is 0.000000220. The third-order valence-electron chi connectivity index (χ3n) is 9.62. The predicted molar refractivity (Wildman–Crippen MR) is 234 cm³/mol. The van der Waals surface area contributed by atoms with Gasteiger partial charge < -0.3 is 15.5 Å². The first kappa shape index (κ1) is 49.1. The first-order valence-corrected chi connectivity index (χ1v) is 22.9. The molecular weight excluding hydrogens is 959 g/mol. The van der Waals surface area contributed by atoms with Crippen LogP contribution >= 0.6 is 23.2 Å². The summed E-state index contributed by atoms with van der Waals surface area (Å²) in [5.41, 5.74) is 0.395. The number of nitrogens with one attached hydrogen (secondary N) is 2. The Morgan fingerprint density at radius 1 is 0.773 bits per heavy atom. The first-order chi connectivity index (χ1) is 30.9. The van der Waals surface area contributed by atoms with E-state index in [4.69, 9.17) is 33.5 Å². The molecule has 24 heteroatoms. The molecule has 346 valence electrons. The van der Waals surface area contributed by atoms with Gasteiger partial charge in [-0.2, -0.15) is 18.3 Å². The Labute approximate surface area is 383 Å². The summed E-state index contributed by atoms with van der Waals surface area (Å²) >= 11 is 11.9. The molecule has 0 atom stereocenters. The van der Waals surface area contributed by atoms with E-state index in [0.717, 1.165) is 34.1 Å². The van der Waals surface area contributed by atoms with E-state index in [9.17, 15) is 53.2 Å². The van der Waals surface area contributed by atoms with Crippen molar-refractivity contribution in [1.29, 1.82) is 0 Å². The Morgan fingerprint density at radius 2 is 1.39 bits per heavy atom. The number of carbonyl (C=O) groups excluding carboxylic acids is 3. The van der Waals surface area contributed by atoms with Crippen LogP contribution in [0.3, 0.4) is 0 Å². The topological polar surface area (TPSA) is 230 Å². The lowest BCUT2D eigenvalue weighted by Gasteiger charge is -2.14. The number of amides is 3. The maximum atomic E-state index is 13.5. The molecule has 3 heterocycles. The summed E-state index contributed by atoms with van der Waals surface area (Å²) in [6, 6.07) is 21.9. The average Bonchev–Trinajstić information content (AvgIpc) is 3.88. The number of likely N-dealkylation sites (tertiary alicyclic amines) is 1. The van der Waals surface area contributed by atoms with Crippen LogP contribution in [-0.2, 0) is 48.7 Å². The number of alkyl halides is 5. The summed E-state index contributed by atoms with van der Waals surface area (Å²) in [7, 11) is -8.60. The molecule has 1 fully saturated rings. The monoisotopic (exact) mass is 992 g/mol. The molecule has 0 unspecified atom stereocenters. The minimum atomic E-state index is -4.65. The van der Waals surface area contributed by atoms with Crippen LogP contribution in [0.15, 0.2) is 126 Å². The van der Waals surface area contributed by atoms with Crippen LogP contribution in [0.1, 0.15) is 33.5 Å². The maximum absolute atomic E-state index is 13.5. The molecule has 6 aromatic rings. The van der Waals surface area contributed by atoms with E-state index in [1.807, 2.05) is 0 Å². The number of nitrogens with two attached hydrogens (primary N) is 2. The van der Waals surface area contributed by atoms with Crippen molar-refractivity contribution in [2.24, 2.45) is 10.3 Å². The third kappa shape index (κ3) is 12.7. The van der Waals surface area contributed by atoms with Crippen LogP contribution in [0.5, 0.6) is 0 Å². The highest BCUT2D eigenvalue weighted by atomic mass is 35.5. The van der Waals surface area contributed by atoms with Crippen LogP contribution in [-0.4, -0.2) is 73.2 Å². The van der Waals surface area contributed by atoms with Crippen molar-refractivity contribution in [3.8, 4) is 16.8 Å². The number of hydrogen-bond donors (Lipinski definition) is 4. The number of primary sulfonamides is 2. The zero-order valence-electron chi connectivity index (χ0n) is 33.8. The number of hydrogen-bond acceptors (Lipinski definition) is 9. The summed E-state index contributed by atoms with van der Waals surface area (Å²) in [6.07, 6.45) is -0.993. The fraction of sp³-hybridized carbons (Fsp3) is 0.167. The standard InChI is InChI=1S/C22H20ClF2N5O4S.C20H15ClF3N3O3S/c23-17-4-2-1-3-14(17)9-20(31)28-16-5-6-18(19(10-16)35(26,33)34)30-12-15(11-27-30)21(32)29-8-7-22(24,25)13-29;21-15-3-1-12(2-4-15)7-19(28)27-16-5-6-17(18(9-16)31(25,29)30)13-8-14(11-26-10-13)20(22,23)24/h1-6,10-12H,7-9,13H2,(H,28,31)(H2,26,33,34);1-6,8-11H,7H2,(H,27,28)(H2,25,29,30). The van der Waals surface area contributed by atoms with Crippen molar-refractivity contribution >= 4 is 72.3 Å². The molecule has 0 saturated carbocycles. The zero-order valence-corrected chi connectivity index (χ0v) is 36.9. The highest BCUT2D eigenvalue weighted by Crippen LogP contribution is 2.35. The number of carbonyl (C=O) groups is 3. The number of halogens is 7. The first-order valence-electron chi connectivity index (χ1n) is 19.0. The van der Waals surface area contributed by atoms with Crippen LogP contribution < -0.4 is 20.9 Å². The van der Waals surface area contributed by atoms with Gasteiger partial charge in [0, 0.05) is 64.1 Å². The molecule has 15 nitrogen and oxygen atoms in total. The van der Waals surface area contributed by atoms with Crippen LogP contribution in [0, 0.1) is 0 Å². The Hall–Kier alpha value is -6.30. The van der Waals surface area contributed by atoms with E-state index >= 15 is 0 Å². The lowest BCUT2D eigenvalue weighted by Crippen LogP contribution is -2.31. The van der Waals surface area contributed by atoms with Crippen LogP contribution in [0.25, 0.3) is 16.8 Å². The van der Waals surface area contributed by atoms with Gasteiger partial charge >= 0.3 is 6.18 Å². The second-order valence-corrected chi connectivity index (χ2v) is 18.5. The molecule has 0 aliphatic carbocycles. The Kier molecular flexibility index (Phi) is 14.6. The molecule has 66 heavy (non-hydrogen) atoms. The van der Waals surface area contributed by atoms with Crippen molar-refractivity contribution in [3.63, 3.8) is 0 Å². The maximum Gasteiger partial charge on any atom is 0.417 e. The summed E-state index contributed by atoms with van der Waals surface area (Å²) in [5, 5.41) is 20.7. The van der Waals surface area contributed by atoms with Crippen LogP contribution in [0.4, 0.5) is 33.3 Å². The number of aromatic nitrogens is 3. The highest BCUT2D eigenvalue weighted by Gasteiger charge is 2.41.